The zero-order valence-corrected chi connectivity index (χ0v) is 17.8. The first kappa shape index (κ1) is 21.2. The highest BCUT2D eigenvalue weighted by Crippen LogP contribution is 2.39. The Morgan fingerprint density at radius 1 is 0.500 bits per heavy atom. The smallest absolute Gasteiger partial charge is 0.0859 e. The van der Waals surface area contributed by atoms with Gasteiger partial charge >= 0.3 is 0 Å². The van der Waals surface area contributed by atoms with E-state index in [1.165, 1.54) is 0 Å². The monoisotopic (exact) mass is 352 g/mol. The third kappa shape index (κ3) is 4.23. The summed E-state index contributed by atoms with van der Waals surface area (Å²) in [5.41, 5.74) is 26.1. The van der Waals surface area contributed by atoms with Crippen LogP contribution >= 0.6 is 0 Å². The van der Waals surface area contributed by atoms with Crippen LogP contribution in [0, 0.1) is 35.5 Å². The van der Waals surface area contributed by atoms with Crippen LogP contribution in [-0.2, 0) is 0 Å². The maximum absolute atomic E-state index is 10.8. The lowest BCUT2D eigenvalue weighted by Gasteiger charge is -2.35. The van der Waals surface area contributed by atoms with Crippen LogP contribution in [0.4, 0.5) is 0 Å². The SMILES string of the molecule is CC(C)C1=CC(C2C=C(C(C)C)C([N])C(C(C)C)=C2)C=C(C(C)C)C1[N]. The second-order valence-corrected chi connectivity index (χ2v) is 9.25. The van der Waals surface area contributed by atoms with Gasteiger partial charge in [-0.15, -0.1) is 11.5 Å². The summed E-state index contributed by atoms with van der Waals surface area (Å²) in [5.74, 6) is 1.78. The highest BCUT2D eigenvalue weighted by atomic mass is 14.7. The van der Waals surface area contributed by atoms with Gasteiger partial charge < -0.3 is 0 Å². The van der Waals surface area contributed by atoms with Crippen molar-refractivity contribution in [1.29, 1.82) is 0 Å². The summed E-state index contributed by atoms with van der Waals surface area (Å²) in [5, 5.41) is 0. The van der Waals surface area contributed by atoms with E-state index in [4.69, 9.17) is 0 Å². The Labute approximate surface area is 161 Å². The van der Waals surface area contributed by atoms with Gasteiger partial charge in [-0.1, -0.05) is 79.7 Å². The molecule has 0 bridgehead atoms. The molecule has 0 aliphatic heterocycles. The maximum Gasteiger partial charge on any atom is 0.0859 e. The lowest BCUT2D eigenvalue weighted by Crippen LogP contribution is -2.31. The third-order valence-electron chi connectivity index (χ3n) is 5.91. The van der Waals surface area contributed by atoms with Gasteiger partial charge in [-0.2, -0.15) is 0 Å². The predicted molar refractivity (Wildman–Crippen MR) is 111 cm³/mol. The minimum absolute atomic E-state index is 0.239. The predicted octanol–water partition coefficient (Wildman–Crippen LogP) is 5.45. The molecule has 2 rings (SSSR count). The van der Waals surface area contributed by atoms with E-state index in [1.807, 2.05) is 0 Å². The molecule has 0 amide bonds. The topological polar surface area (TPSA) is 44.6 Å². The Morgan fingerprint density at radius 2 is 0.692 bits per heavy atom. The highest BCUT2D eigenvalue weighted by molar-refractivity contribution is 5.41. The van der Waals surface area contributed by atoms with Crippen LogP contribution in [0.2, 0.25) is 0 Å². The number of hydrogen-bond acceptors (Lipinski definition) is 0. The number of rotatable bonds is 5. The van der Waals surface area contributed by atoms with Gasteiger partial charge in [0.25, 0.3) is 0 Å². The summed E-state index contributed by atoms with van der Waals surface area (Å²) in [6, 6.07) is -0.912. The summed E-state index contributed by atoms with van der Waals surface area (Å²) in [6.45, 7) is 17.3. The van der Waals surface area contributed by atoms with E-state index >= 15 is 0 Å². The highest BCUT2D eigenvalue weighted by Gasteiger charge is 2.33. The zero-order chi connectivity index (χ0) is 19.8. The second kappa shape index (κ2) is 8.27. The Hall–Kier alpha value is -1.12. The normalized spacial score (nSPS) is 29.9. The summed E-state index contributed by atoms with van der Waals surface area (Å²) >= 11 is 0. The van der Waals surface area contributed by atoms with Gasteiger partial charge in [0.05, 0.1) is 12.1 Å². The van der Waals surface area contributed by atoms with Crippen molar-refractivity contribution < 1.29 is 0 Å². The molecule has 0 heterocycles. The molecule has 142 valence electrons. The standard InChI is InChI=1S/C24H36N2/c1-13(2)19-9-17(10-20(14(3)4)23(19)25)18-11-21(15(5)6)24(26)22(12-18)16(7)8/h9-18,23-24H,1-8H3. The molecule has 2 nitrogen and oxygen atoms in total. The molecule has 0 aromatic heterocycles. The molecule has 0 fully saturated rings. The average molecular weight is 353 g/mol. The molecule has 2 aliphatic carbocycles. The Balaban J connectivity index is 2.51. The molecule has 2 aliphatic rings. The second-order valence-electron chi connectivity index (χ2n) is 9.25. The van der Waals surface area contributed by atoms with E-state index in [1.54, 1.807) is 0 Å². The summed E-state index contributed by atoms with van der Waals surface area (Å²) in [6.07, 6.45) is 9.08. The molecule has 2 heteroatoms. The fourth-order valence-electron chi connectivity index (χ4n) is 4.21. The van der Waals surface area contributed by atoms with Gasteiger partial charge in [0.15, 0.2) is 0 Å². The van der Waals surface area contributed by atoms with E-state index in [-0.39, 0.29) is 11.8 Å². The molecule has 0 atom stereocenters. The Morgan fingerprint density at radius 3 is 0.846 bits per heavy atom. The Kier molecular flexibility index (Phi) is 6.74. The summed E-state index contributed by atoms with van der Waals surface area (Å²) < 4.78 is 0. The first-order chi connectivity index (χ1) is 12.0. The molecular weight excluding hydrogens is 316 g/mol. The lowest BCUT2D eigenvalue weighted by molar-refractivity contribution is 0.522. The molecular formula is C24H36N2. The van der Waals surface area contributed by atoms with E-state index in [2.05, 4.69) is 79.7 Å². The van der Waals surface area contributed by atoms with Gasteiger partial charge in [0.2, 0.25) is 0 Å². The van der Waals surface area contributed by atoms with Crippen LogP contribution in [0.15, 0.2) is 46.6 Å². The number of hydrogen-bond donors (Lipinski definition) is 0. The van der Waals surface area contributed by atoms with Crippen LogP contribution in [-0.4, -0.2) is 12.1 Å². The van der Waals surface area contributed by atoms with Gasteiger partial charge in [0, 0.05) is 11.8 Å². The average Bonchev–Trinajstić information content (AvgIpc) is 2.54. The molecule has 0 N–H and O–H groups in total. The van der Waals surface area contributed by atoms with Gasteiger partial charge in [-0.05, 0) is 46.0 Å². The molecule has 0 aromatic rings. The van der Waals surface area contributed by atoms with Gasteiger partial charge in [-0.3, -0.25) is 0 Å². The number of allylic oxidation sites excluding steroid dienone is 4. The molecule has 26 heavy (non-hydrogen) atoms. The zero-order valence-electron chi connectivity index (χ0n) is 17.8. The van der Waals surface area contributed by atoms with E-state index < -0.39 is 12.1 Å². The van der Waals surface area contributed by atoms with Crippen molar-refractivity contribution in [2.24, 2.45) is 35.5 Å². The molecule has 0 unspecified atom stereocenters. The van der Waals surface area contributed by atoms with Crippen molar-refractivity contribution in [2.75, 3.05) is 0 Å². The van der Waals surface area contributed by atoms with Crippen LogP contribution in [0.1, 0.15) is 55.4 Å². The first-order valence-corrected chi connectivity index (χ1v) is 10.3. The molecule has 0 saturated heterocycles. The quantitative estimate of drug-likeness (QED) is 0.591. The first-order valence-electron chi connectivity index (χ1n) is 10.3. The fourth-order valence-corrected chi connectivity index (χ4v) is 4.21. The van der Waals surface area contributed by atoms with Gasteiger partial charge in [0.1, 0.15) is 0 Å². The summed E-state index contributed by atoms with van der Waals surface area (Å²) in [4.78, 5) is 0. The van der Waals surface area contributed by atoms with Crippen molar-refractivity contribution in [3.63, 3.8) is 0 Å². The van der Waals surface area contributed by atoms with E-state index in [0.29, 0.717) is 23.7 Å². The van der Waals surface area contributed by atoms with E-state index in [9.17, 15) is 11.5 Å². The van der Waals surface area contributed by atoms with Crippen molar-refractivity contribution in [2.45, 2.75) is 67.5 Å². The number of nitrogens with zero attached hydrogens (tertiary/aromatic N) is 2. The molecule has 0 spiro atoms. The minimum atomic E-state index is -0.456. The maximum atomic E-state index is 10.8. The molecule has 4 radical (unpaired) electrons. The molecule has 0 saturated carbocycles. The van der Waals surface area contributed by atoms with E-state index in [0.717, 1.165) is 22.3 Å². The van der Waals surface area contributed by atoms with Crippen molar-refractivity contribution in [3.05, 3.63) is 46.6 Å². The van der Waals surface area contributed by atoms with Crippen molar-refractivity contribution >= 4 is 0 Å². The van der Waals surface area contributed by atoms with Crippen molar-refractivity contribution in [3.8, 4) is 0 Å². The van der Waals surface area contributed by atoms with Crippen molar-refractivity contribution in [1.82, 2.24) is 11.5 Å². The minimum Gasteiger partial charge on any atom is -0.132 e. The molecule has 0 aromatic carbocycles. The lowest BCUT2D eigenvalue weighted by atomic mass is 9.71. The third-order valence-corrected chi connectivity index (χ3v) is 5.91. The van der Waals surface area contributed by atoms with Crippen LogP contribution < -0.4 is 11.5 Å². The largest absolute Gasteiger partial charge is 0.132 e. The van der Waals surface area contributed by atoms with Crippen LogP contribution in [0.25, 0.3) is 0 Å². The van der Waals surface area contributed by atoms with Crippen LogP contribution in [0.5, 0.6) is 0 Å². The Bertz CT molecular complexity index is 521. The fraction of sp³-hybridized carbons (Fsp3) is 0.667. The van der Waals surface area contributed by atoms with Crippen LogP contribution in [0.3, 0.4) is 0 Å². The van der Waals surface area contributed by atoms with Gasteiger partial charge in [-0.25, -0.2) is 0 Å². The summed E-state index contributed by atoms with van der Waals surface area (Å²) in [7, 11) is 0.